The molecule has 1 aliphatic heterocycles. The number of sulfonamides is 2. The van der Waals surface area contributed by atoms with Gasteiger partial charge in [0.25, 0.3) is 0 Å². The molecule has 0 unspecified atom stereocenters. The largest absolute Gasteiger partial charge is 0.480 e. The van der Waals surface area contributed by atoms with E-state index in [1.165, 1.54) is 25.9 Å². The number of hydrogen-bond donors (Lipinski definition) is 0. The fourth-order valence-corrected chi connectivity index (χ4v) is 3.46. The maximum atomic E-state index is 11.4. The van der Waals surface area contributed by atoms with E-state index in [9.17, 15) is 43.2 Å². The molecule has 0 aliphatic carbocycles. The molecule has 146 valence electrons. The van der Waals surface area contributed by atoms with Gasteiger partial charge >= 0.3 is 11.0 Å². The van der Waals surface area contributed by atoms with Crippen LogP contribution in [-0.4, -0.2) is 66.3 Å². The van der Waals surface area contributed by atoms with E-state index in [-0.39, 0.29) is 0 Å². The van der Waals surface area contributed by atoms with Crippen LogP contribution >= 0.6 is 0 Å². The second-order valence-corrected chi connectivity index (χ2v) is 8.53. The predicted molar refractivity (Wildman–Crippen MR) is 70.3 cm³/mol. The lowest BCUT2D eigenvalue weighted by atomic mass is 10.4. The number of ether oxygens (including phenoxy) is 1. The summed E-state index contributed by atoms with van der Waals surface area (Å²) in [5.74, 6) is 0. The molecule has 0 aromatic rings. The van der Waals surface area contributed by atoms with Gasteiger partial charge in [0.05, 0.1) is 20.1 Å². The molecule has 1 fully saturated rings. The van der Waals surface area contributed by atoms with Crippen LogP contribution in [0.2, 0.25) is 0 Å². The molecule has 0 aromatic carbocycles. The summed E-state index contributed by atoms with van der Waals surface area (Å²) in [5.41, 5.74) is -12.4. The van der Waals surface area contributed by atoms with Crippen molar-refractivity contribution >= 4 is 20.0 Å². The van der Waals surface area contributed by atoms with Crippen molar-refractivity contribution in [3.63, 3.8) is 0 Å². The van der Waals surface area contributed by atoms with Gasteiger partial charge in [0, 0.05) is 20.0 Å². The van der Waals surface area contributed by atoms with E-state index >= 15 is 0 Å². The van der Waals surface area contributed by atoms with Crippen molar-refractivity contribution in [2.75, 3.05) is 34.0 Å². The molecule has 1 rings (SSSR count). The number of hydrogen-bond acceptors (Lipinski definition) is 5. The van der Waals surface area contributed by atoms with E-state index < -0.39 is 31.1 Å². The number of alkyl halides is 6. The highest BCUT2D eigenvalue weighted by Crippen LogP contribution is 2.36. The minimum Gasteiger partial charge on any atom is -0.421 e. The average Bonchev–Trinajstić information content (AvgIpc) is 2.72. The quantitative estimate of drug-likeness (QED) is 0.521. The van der Waals surface area contributed by atoms with Crippen LogP contribution in [0.5, 0.6) is 0 Å². The van der Waals surface area contributed by atoms with Crippen LogP contribution < -0.4 is 0 Å². The Morgan fingerprint density at radius 3 is 1.50 bits per heavy atom. The monoisotopic (exact) mass is 410 g/mol. The van der Waals surface area contributed by atoms with Crippen LogP contribution in [0.1, 0.15) is 12.8 Å². The lowest BCUT2D eigenvalue weighted by Crippen LogP contribution is -2.42. The van der Waals surface area contributed by atoms with Crippen LogP contribution in [0.15, 0.2) is 0 Å². The minimum absolute atomic E-state index is 0.778. The highest BCUT2D eigenvalue weighted by Gasteiger charge is 2.46. The number of nitrogens with zero attached hydrogens (tertiary/aromatic N) is 2. The van der Waals surface area contributed by atoms with Crippen LogP contribution in [0, 0.1) is 0 Å². The third kappa shape index (κ3) is 6.70. The third-order valence-corrected chi connectivity index (χ3v) is 5.61. The second-order valence-electron chi connectivity index (χ2n) is 5.11. The van der Waals surface area contributed by atoms with Crippen molar-refractivity contribution < 1.29 is 52.4 Å². The van der Waals surface area contributed by atoms with Gasteiger partial charge in [-0.3, -0.25) is 0 Å². The van der Waals surface area contributed by atoms with E-state index in [2.05, 4.69) is 7.05 Å². The summed E-state index contributed by atoms with van der Waals surface area (Å²) in [6, 6.07) is 0. The van der Waals surface area contributed by atoms with Gasteiger partial charge < -0.3 is 13.3 Å². The Bertz CT molecular complexity index is 565. The van der Waals surface area contributed by atoms with Gasteiger partial charge in [0.1, 0.15) is 0 Å². The van der Waals surface area contributed by atoms with Crippen LogP contribution in [0.25, 0.3) is 4.13 Å². The van der Waals surface area contributed by atoms with Crippen LogP contribution in [0.4, 0.5) is 26.3 Å². The molecular formula is C9H16F6N2O5S2. The standard InChI is InChI=1S/C7H16NO.C2F6NO4S2/c1-8(7-9-2)5-3-4-6-8;3-1(4,5)14(10,11)9-15(12,13)2(6,7)8/h3-7H2,1-2H3;/q+1;-1. The first kappa shape index (κ1) is 23.4. The zero-order valence-electron chi connectivity index (χ0n) is 12.6. The molecule has 7 nitrogen and oxygen atoms in total. The fourth-order valence-electron chi connectivity index (χ4n) is 1.75. The van der Waals surface area contributed by atoms with E-state index in [1.807, 2.05) is 0 Å². The van der Waals surface area contributed by atoms with Crippen molar-refractivity contribution in [1.82, 2.24) is 0 Å². The molecule has 0 N–H and O–H groups in total. The number of likely N-dealkylation sites (tertiary alicyclic amines) is 1. The number of rotatable bonds is 4. The summed E-state index contributed by atoms with van der Waals surface area (Å²) in [5, 5.41) is 0. The summed E-state index contributed by atoms with van der Waals surface area (Å²) < 4.78 is 115. The second kappa shape index (κ2) is 7.72. The van der Waals surface area contributed by atoms with E-state index in [0.717, 1.165) is 15.3 Å². The molecule has 0 aromatic heterocycles. The first-order valence-electron chi connectivity index (χ1n) is 6.17. The molecule has 0 amide bonds. The zero-order valence-corrected chi connectivity index (χ0v) is 14.2. The van der Waals surface area contributed by atoms with Crippen LogP contribution in [-0.2, 0) is 24.8 Å². The Hall–Kier alpha value is -0.640. The Morgan fingerprint density at radius 1 is 0.917 bits per heavy atom. The molecule has 0 saturated carbocycles. The molecule has 0 spiro atoms. The van der Waals surface area contributed by atoms with Crippen molar-refractivity contribution in [2.24, 2.45) is 0 Å². The lowest BCUT2D eigenvalue weighted by molar-refractivity contribution is -0.916. The van der Waals surface area contributed by atoms with E-state index in [4.69, 9.17) is 4.74 Å². The first-order chi connectivity index (χ1) is 10.5. The molecule has 1 heterocycles. The average molecular weight is 410 g/mol. The van der Waals surface area contributed by atoms with Crippen molar-refractivity contribution in [2.45, 2.75) is 23.9 Å². The van der Waals surface area contributed by atoms with Crippen molar-refractivity contribution in [3.05, 3.63) is 4.13 Å². The number of halogens is 6. The highest BCUT2D eigenvalue weighted by molar-refractivity contribution is 8.13. The Balaban J connectivity index is 0.000000496. The molecule has 1 aliphatic rings. The molecular weight excluding hydrogens is 394 g/mol. The van der Waals surface area contributed by atoms with E-state index in [0.29, 0.717) is 0 Å². The molecule has 15 heteroatoms. The maximum Gasteiger partial charge on any atom is 0.480 e. The zero-order chi connectivity index (χ0) is 19.4. The van der Waals surface area contributed by atoms with Gasteiger partial charge in [-0.05, 0) is 0 Å². The van der Waals surface area contributed by atoms with Crippen molar-refractivity contribution in [3.8, 4) is 0 Å². The smallest absolute Gasteiger partial charge is 0.421 e. The van der Waals surface area contributed by atoms with Gasteiger partial charge in [-0.25, -0.2) is 16.8 Å². The summed E-state index contributed by atoms with van der Waals surface area (Å²) in [7, 11) is -9.40. The normalized spacial score (nSPS) is 18.8. The molecule has 0 atom stereocenters. The molecule has 1 saturated heterocycles. The van der Waals surface area contributed by atoms with Gasteiger partial charge in [0.15, 0.2) is 26.8 Å². The molecule has 0 bridgehead atoms. The minimum atomic E-state index is -6.72. The Morgan fingerprint density at radius 2 is 1.25 bits per heavy atom. The van der Waals surface area contributed by atoms with Gasteiger partial charge in [-0.1, -0.05) is 0 Å². The van der Waals surface area contributed by atoms with Gasteiger partial charge in [-0.15, -0.1) is 0 Å². The third-order valence-electron chi connectivity index (χ3n) is 2.87. The summed E-state index contributed by atoms with van der Waals surface area (Å²) in [4.78, 5) is 0. The molecule has 24 heavy (non-hydrogen) atoms. The van der Waals surface area contributed by atoms with Gasteiger partial charge in [0.2, 0.25) is 0 Å². The van der Waals surface area contributed by atoms with Crippen molar-refractivity contribution in [1.29, 1.82) is 0 Å². The maximum absolute atomic E-state index is 11.4. The summed E-state index contributed by atoms with van der Waals surface area (Å²) >= 11 is 0. The summed E-state index contributed by atoms with van der Waals surface area (Å²) in [6.07, 6.45) is 2.75. The predicted octanol–water partition coefficient (Wildman–Crippen LogP) is 1.89. The number of methoxy groups -OCH3 is 1. The fraction of sp³-hybridized carbons (Fsp3) is 1.00. The van der Waals surface area contributed by atoms with E-state index in [1.54, 1.807) is 7.11 Å². The Kier molecular flexibility index (Phi) is 7.51. The highest BCUT2D eigenvalue weighted by atomic mass is 32.3. The topological polar surface area (TPSA) is 91.6 Å². The number of quaternary nitrogens is 1. The van der Waals surface area contributed by atoms with Gasteiger partial charge in [-0.2, -0.15) is 26.3 Å². The Labute approximate surface area is 135 Å². The summed E-state index contributed by atoms with van der Waals surface area (Å²) in [6.45, 7) is 3.49. The molecule has 0 radical (unpaired) electrons. The van der Waals surface area contributed by atoms with Crippen LogP contribution in [0.3, 0.4) is 0 Å². The first-order valence-corrected chi connectivity index (χ1v) is 9.05. The SMILES string of the molecule is COC[N+]1(C)CCCC1.O=S(=O)([N-]S(=O)(=O)C(F)(F)F)C(F)(F)F. The lowest BCUT2D eigenvalue weighted by Gasteiger charge is -2.27.